The standard InChI is InChI=1S/C10H12N2/c1-2-8-4-6-12-7-5-11-9(3-1)10(8)12/h1-3,11H,4-7H2. The van der Waals surface area contributed by atoms with Gasteiger partial charge in [0.1, 0.15) is 0 Å². The second-order valence-electron chi connectivity index (χ2n) is 3.48. The van der Waals surface area contributed by atoms with Gasteiger partial charge in [0.2, 0.25) is 0 Å². The van der Waals surface area contributed by atoms with Crippen molar-refractivity contribution in [3.63, 3.8) is 0 Å². The van der Waals surface area contributed by atoms with Gasteiger partial charge in [-0.15, -0.1) is 0 Å². The molecule has 2 heteroatoms. The summed E-state index contributed by atoms with van der Waals surface area (Å²) in [5, 5.41) is 3.43. The second kappa shape index (κ2) is 2.16. The van der Waals surface area contributed by atoms with Crippen LogP contribution in [0.3, 0.4) is 0 Å². The highest BCUT2D eigenvalue weighted by molar-refractivity contribution is 5.77. The summed E-state index contributed by atoms with van der Waals surface area (Å²) in [6.07, 6.45) is 1.23. The SMILES string of the molecule is c1cc2c3c(c1)NCCN3CC2. The zero-order chi connectivity index (χ0) is 7.97. The van der Waals surface area contributed by atoms with Crippen LogP contribution in [-0.4, -0.2) is 19.6 Å². The molecule has 0 radical (unpaired) electrons. The van der Waals surface area contributed by atoms with Gasteiger partial charge in [0.25, 0.3) is 0 Å². The van der Waals surface area contributed by atoms with E-state index in [-0.39, 0.29) is 0 Å². The van der Waals surface area contributed by atoms with Crippen LogP contribution in [0.2, 0.25) is 0 Å². The molecule has 2 nitrogen and oxygen atoms in total. The minimum absolute atomic E-state index is 1.09. The Labute approximate surface area is 72.2 Å². The van der Waals surface area contributed by atoms with Crippen LogP contribution in [-0.2, 0) is 6.42 Å². The normalized spacial score (nSPS) is 18.8. The molecule has 0 aromatic heterocycles. The van der Waals surface area contributed by atoms with Gasteiger partial charge >= 0.3 is 0 Å². The number of nitrogens with zero attached hydrogens (tertiary/aromatic N) is 1. The molecule has 2 aliphatic heterocycles. The summed E-state index contributed by atoms with van der Waals surface area (Å²) in [5.74, 6) is 0. The third kappa shape index (κ3) is 0.697. The quantitative estimate of drug-likeness (QED) is 0.618. The van der Waals surface area contributed by atoms with Crippen LogP contribution in [0.25, 0.3) is 0 Å². The first kappa shape index (κ1) is 6.35. The van der Waals surface area contributed by atoms with Crippen molar-refractivity contribution >= 4 is 11.4 Å². The van der Waals surface area contributed by atoms with Crippen LogP contribution in [0.15, 0.2) is 18.2 Å². The molecule has 0 spiro atoms. The van der Waals surface area contributed by atoms with Gasteiger partial charge in [0, 0.05) is 19.6 Å². The summed E-state index contributed by atoms with van der Waals surface area (Å²) < 4.78 is 0. The van der Waals surface area contributed by atoms with Crippen LogP contribution in [0.1, 0.15) is 5.56 Å². The largest absolute Gasteiger partial charge is 0.382 e. The molecule has 0 saturated heterocycles. The first-order valence-electron chi connectivity index (χ1n) is 4.56. The monoisotopic (exact) mass is 160 g/mol. The number of anilines is 2. The van der Waals surface area contributed by atoms with Gasteiger partial charge in [-0.2, -0.15) is 0 Å². The molecular weight excluding hydrogens is 148 g/mol. The average Bonchev–Trinajstić information content (AvgIpc) is 2.52. The van der Waals surface area contributed by atoms with Crippen LogP contribution in [0.4, 0.5) is 11.4 Å². The number of hydrogen-bond donors (Lipinski definition) is 1. The number of nitrogens with one attached hydrogen (secondary N) is 1. The average molecular weight is 160 g/mol. The Morgan fingerprint density at radius 1 is 1.25 bits per heavy atom. The van der Waals surface area contributed by atoms with Gasteiger partial charge in [-0.1, -0.05) is 12.1 Å². The van der Waals surface area contributed by atoms with Gasteiger partial charge in [0.05, 0.1) is 11.4 Å². The molecule has 0 fully saturated rings. The maximum absolute atomic E-state index is 3.43. The highest BCUT2D eigenvalue weighted by Gasteiger charge is 2.24. The van der Waals surface area contributed by atoms with Gasteiger partial charge < -0.3 is 10.2 Å². The lowest BCUT2D eigenvalue weighted by Crippen LogP contribution is -2.31. The Kier molecular flexibility index (Phi) is 1.14. The van der Waals surface area contributed by atoms with Crippen molar-refractivity contribution in [2.45, 2.75) is 6.42 Å². The predicted octanol–water partition coefficient (Wildman–Crippen LogP) is 1.47. The predicted molar refractivity (Wildman–Crippen MR) is 50.8 cm³/mol. The molecule has 0 atom stereocenters. The van der Waals surface area contributed by atoms with E-state index in [0.29, 0.717) is 0 Å². The van der Waals surface area contributed by atoms with E-state index in [4.69, 9.17) is 0 Å². The topological polar surface area (TPSA) is 15.3 Å². The van der Waals surface area contributed by atoms with Gasteiger partial charge in [-0.05, 0) is 18.1 Å². The number of rotatable bonds is 0. The van der Waals surface area contributed by atoms with E-state index in [2.05, 4.69) is 28.4 Å². The Balaban J connectivity index is 2.23. The zero-order valence-electron chi connectivity index (χ0n) is 7.01. The van der Waals surface area contributed by atoms with Crippen molar-refractivity contribution in [3.05, 3.63) is 23.8 Å². The molecule has 0 saturated carbocycles. The Hall–Kier alpha value is -1.18. The van der Waals surface area contributed by atoms with Crippen LogP contribution in [0.5, 0.6) is 0 Å². The first-order chi connectivity index (χ1) is 5.95. The number of para-hydroxylation sites is 1. The molecular formula is C10H12N2. The molecule has 2 heterocycles. The van der Waals surface area contributed by atoms with Crippen molar-refractivity contribution in [2.24, 2.45) is 0 Å². The smallest absolute Gasteiger partial charge is 0.0635 e. The molecule has 1 aromatic carbocycles. The minimum atomic E-state index is 1.09. The Bertz CT molecular complexity index is 320. The van der Waals surface area contributed by atoms with E-state index in [1.165, 1.54) is 36.4 Å². The van der Waals surface area contributed by atoms with E-state index in [1.54, 1.807) is 0 Å². The highest BCUT2D eigenvalue weighted by atomic mass is 15.2. The Morgan fingerprint density at radius 3 is 3.25 bits per heavy atom. The fourth-order valence-electron chi connectivity index (χ4n) is 2.23. The molecule has 0 bridgehead atoms. The van der Waals surface area contributed by atoms with Crippen molar-refractivity contribution in [2.75, 3.05) is 29.9 Å². The van der Waals surface area contributed by atoms with E-state index < -0.39 is 0 Å². The fourth-order valence-corrected chi connectivity index (χ4v) is 2.23. The molecule has 0 unspecified atom stereocenters. The van der Waals surface area contributed by atoms with Crippen LogP contribution >= 0.6 is 0 Å². The maximum Gasteiger partial charge on any atom is 0.0635 e. The van der Waals surface area contributed by atoms with Crippen molar-refractivity contribution in [3.8, 4) is 0 Å². The molecule has 12 heavy (non-hydrogen) atoms. The molecule has 0 amide bonds. The summed E-state index contributed by atoms with van der Waals surface area (Å²) in [4.78, 5) is 2.49. The lowest BCUT2D eigenvalue weighted by Gasteiger charge is -2.27. The first-order valence-corrected chi connectivity index (χ1v) is 4.56. The van der Waals surface area contributed by atoms with Crippen LogP contribution in [0, 0.1) is 0 Å². The van der Waals surface area contributed by atoms with Gasteiger partial charge in [-0.3, -0.25) is 0 Å². The lowest BCUT2D eigenvalue weighted by atomic mass is 10.1. The molecule has 3 rings (SSSR count). The maximum atomic E-state index is 3.43. The van der Waals surface area contributed by atoms with E-state index >= 15 is 0 Å². The molecule has 0 aliphatic carbocycles. The van der Waals surface area contributed by atoms with E-state index in [9.17, 15) is 0 Å². The van der Waals surface area contributed by atoms with Crippen molar-refractivity contribution < 1.29 is 0 Å². The summed E-state index contributed by atoms with van der Waals surface area (Å²) in [7, 11) is 0. The van der Waals surface area contributed by atoms with E-state index in [0.717, 1.165) is 6.54 Å². The fraction of sp³-hybridized carbons (Fsp3) is 0.400. The number of hydrogen-bond acceptors (Lipinski definition) is 2. The highest BCUT2D eigenvalue weighted by Crippen LogP contribution is 2.36. The van der Waals surface area contributed by atoms with Gasteiger partial charge in [0.15, 0.2) is 0 Å². The summed E-state index contributed by atoms with van der Waals surface area (Å²) in [5.41, 5.74) is 4.31. The summed E-state index contributed by atoms with van der Waals surface area (Å²) in [6.45, 7) is 3.48. The minimum Gasteiger partial charge on any atom is -0.382 e. The molecule has 1 N–H and O–H groups in total. The van der Waals surface area contributed by atoms with Gasteiger partial charge in [-0.25, -0.2) is 0 Å². The molecule has 1 aromatic rings. The van der Waals surface area contributed by atoms with Crippen LogP contribution < -0.4 is 10.2 Å². The Morgan fingerprint density at radius 2 is 2.25 bits per heavy atom. The second-order valence-corrected chi connectivity index (χ2v) is 3.48. The molecule has 62 valence electrons. The third-order valence-corrected chi connectivity index (χ3v) is 2.78. The summed E-state index contributed by atoms with van der Waals surface area (Å²) >= 11 is 0. The van der Waals surface area contributed by atoms with Crippen molar-refractivity contribution in [1.29, 1.82) is 0 Å². The third-order valence-electron chi connectivity index (χ3n) is 2.78. The van der Waals surface area contributed by atoms with Crippen molar-refractivity contribution in [1.82, 2.24) is 0 Å². The summed E-state index contributed by atoms with van der Waals surface area (Å²) in [6, 6.07) is 6.57. The lowest BCUT2D eigenvalue weighted by molar-refractivity contribution is 0.823. The molecule has 2 aliphatic rings. The number of benzene rings is 1. The zero-order valence-corrected chi connectivity index (χ0v) is 7.01. The van der Waals surface area contributed by atoms with E-state index in [1.807, 2.05) is 0 Å².